The van der Waals surface area contributed by atoms with Crippen molar-refractivity contribution in [1.29, 1.82) is 0 Å². The normalized spacial score (nSPS) is 11.1. The molecule has 0 radical (unpaired) electrons. The molecule has 0 aliphatic heterocycles. The van der Waals surface area contributed by atoms with Crippen LogP contribution < -0.4 is 0 Å². The quantitative estimate of drug-likeness (QED) is 0.404. The fourth-order valence-corrected chi connectivity index (χ4v) is 3.71. The molecular formula is C15H15Br2ClN2S. The molecular weight excluding hydrogens is 436 g/mol. The van der Waals surface area contributed by atoms with E-state index in [1.165, 1.54) is 4.90 Å². The van der Waals surface area contributed by atoms with Gasteiger partial charge in [0.1, 0.15) is 11.0 Å². The third kappa shape index (κ3) is 5.23. The first-order chi connectivity index (χ1) is 9.95. The predicted molar refractivity (Wildman–Crippen MR) is 97.0 cm³/mol. The summed E-state index contributed by atoms with van der Waals surface area (Å²) in [6.07, 6.45) is 0.886. The summed E-state index contributed by atoms with van der Waals surface area (Å²) >= 11 is 14.9. The number of rotatable bonds is 5. The van der Waals surface area contributed by atoms with Crippen LogP contribution in [0.25, 0.3) is 0 Å². The van der Waals surface area contributed by atoms with Crippen molar-refractivity contribution in [2.75, 3.05) is 0 Å². The van der Waals surface area contributed by atoms with Crippen molar-refractivity contribution in [1.82, 2.24) is 9.97 Å². The van der Waals surface area contributed by atoms with E-state index in [9.17, 15) is 0 Å². The molecule has 112 valence electrons. The van der Waals surface area contributed by atoms with Crippen LogP contribution in [0.4, 0.5) is 0 Å². The number of thioether (sulfide) groups is 1. The zero-order chi connectivity index (χ0) is 15.4. The fourth-order valence-electron chi connectivity index (χ4n) is 1.80. The minimum absolute atomic E-state index is 0.491. The standard InChI is InChI=1S/C15H15Br2ClN2S/c1-9(2)6-12-14(17)15(18)20-13(19-12)8-21-11-5-3-4-10(16)7-11/h3-5,7,9H,6,8H2,1-2H3. The molecule has 1 aromatic carbocycles. The monoisotopic (exact) mass is 448 g/mol. The van der Waals surface area contributed by atoms with Crippen LogP contribution in [0.5, 0.6) is 0 Å². The lowest BCUT2D eigenvalue weighted by Crippen LogP contribution is -2.04. The second-order valence-corrected chi connectivity index (χ2v) is 8.15. The number of halogens is 3. The van der Waals surface area contributed by atoms with Crippen molar-refractivity contribution in [2.24, 2.45) is 5.92 Å². The smallest absolute Gasteiger partial charge is 0.147 e. The maximum absolute atomic E-state index is 6.19. The van der Waals surface area contributed by atoms with Crippen molar-refractivity contribution in [2.45, 2.75) is 30.9 Å². The van der Waals surface area contributed by atoms with Gasteiger partial charge in [0.15, 0.2) is 0 Å². The average Bonchev–Trinajstić information content (AvgIpc) is 2.41. The van der Waals surface area contributed by atoms with Gasteiger partial charge in [-0.2, -0.15) is 0 Å². The van der Waals surface area contributed by atoms with Crippen LogP contribution in [0.3, 0.4) is 0 Å². The summed E-state index contributed by atoms with van der Waals surface area (Å²) in [4.78, 5) is 10.2. The van der Waals surface area contributed by atoms with E-state index in [2.05, 4.69) is 67.8 Å². The largest absolute Gasteiger partial charge is 0.236 e. The van der Waals surface area contributed by atoms with Crippen LogP contribution in [0.15, 0.2) is 38.1 Å². The van der Waals surface area contributed by atoms with E-state index in [0.717, 1.165) is 26.9 Å². The molecule has 0 atom stereocenters. The van der Waals surface area contributed by atoms with Crippen molar-refractivity contribution in [3.8, 4) is 0 Å². The van der Waals surface area contributed by atoms with E-state index in [1.54, 1.807) is 11.8 Å². The summed E-state index contributed by atoms with van der Waals surface area (Å²) in [6, 6.07) is 8.19. The van der Waals surface area contributed by atoms with Gasteiger partial charge in [-0.3, -0.25) is 0 Å². The van der Waals surface area contributed by atoms with Crippen LogP contribution in [0.2, 0.25) is 5.15 Å². The van der Waals surface area contributed by atoms with Gasteiger partial charge in [0.2, 0.25) is 0 Å². The second kappa shape index (κ2) is 7.95. The molecule has 0 saturated heterocycles. The Labute approximate surface area is 151 Å². The van der Waals surface area contributed by atoms with Gasteiger partial charge in [0, 0.05) is 9.37 Å². The Morgan fingerprint density at radius 3 is 2.67 bits per heavy atom. The first-order valence-electron chi connectivity index (χ1n) is 6.55. The molecule has 0 N–H and O–H groups in total. The Kier molecular flexibility index (Phi) is 6.53. The zero-order valence-electron chi connectivity index (χ0n) is 11.7. The van der Waals surface area contributed by atoms with Crippen molar-refractivity contribution in [3.05, 3.63) is 49.9 Å². The third-order valence-electron chi connectivity index (χ3n) is 2.69. The summed E-state index contributed by atoms with van der Waals surface area (Å²) in [5, 5.41) is 0.491. The zero-order valence-corrected chi connectivity index (χ0v) is 16.5. The molecule has 0 spiro atoms. The van der Waals surface area contributed by atoms with Crippen LogP contribution >= 0.6 is 55.2 Å². The Hall–Kier alpha value is -0.100. The molecule has 2 aromatic rings. The van der Waals surface area contributed by atoms with E-state index >= 15 is 0 Å². The van der Waals surface area contributed by atoms with E-state index in [-0.39, 0.29) is 0 Å². The lowest BCUT2D eigenvalue weighted by atomic mass is 10.1. The van der Waals surface area contributed by atoms with Gasteiger partial charge < -0.3 is 0 Å². The Bertz CT molecular complexity index is 635. The van der Waals surface area contributed by atoms with Crippen LogP contribution in [-0.4, -0.2) is 9.97 Å². The van der Waals surface area contributed by atoms with Crippen LogP contribution in [-0.2, 0) is 12.2 Å². The van der Waals surface area contributed by atoms with Gasteiger partial charge in [-0.1, -0.05) is 47.4 Å². The summed E-state index contributed by atoms with van der Waals surface area (Å²) in [5.74, 6) is 2.00. The predicted octanol–water partition coefficient (Wildman–Crippen LogP) is 6.15. The van der Waals surface area contributed by atoms with E-state index in [0.29, 0.717) is 16.8 Å². The highest BCUT2D eigenvalue weighted by atomic mass is 79.9. The number of aromatic nitrogens is 2. The Morgan fingerprint density at radius 1 is 1.24 bits per heavy atom. The number of nitrogens with zero attached hydrogens (tertiary/aromatic N) is 2. The SMILES string of the molecule is CC(C)Cc1nc(CSc2cccc(Br)c2)nc(Cl)c1Br. The highest BCUT2D eigenvalue weighted by molar-refractivity contribution is 9.10. The minimum Gasteiger partial charge on any atom is -0.236 e. The first kappa shape index (κ1) is 17.3. The van der Waals surface area contributed by atoms with Gasteiger partial charge in [-0.05, 0) is 46.5 Å². The second-order valence-electron chi connectivity index (χ2n) is 5.04. The fraction of sp³-hybridized carbons (Fsp3) is 0.333. The van der Waals surface area contributed by atoms with Gasteiger partial charge in [-0.25, -0.2) is 9.97 Å². The highest BCUT2D eigenvalue weighted by Gasteiger charge is 2.12. The first-order valence-corrected chi connectivity index (χ1v) is 9.50. The Balaban J connectivity index is 2.14. The summed E-state index contributed by atoms with van der Waals surface area (Å²) in [7, 11) is 0. The van der Waals surface area contributed by atoms with Crippen LogP contribution in [0.1, 0.15) is 25.4 Å². The highest BCUT2D eigenvalue weighted by Crippen LogP contribution is 2.28. The van der Waals surface area contributed by atoms with Gasteiger partial charge in [-0.15, -0.1) is 11.8 Å². The molecule has 6 heteroatoms. The number of benzene rings is 1. The van der Waals surface area contributed by atoms with Crippen molar-refractivity contribution in [3.63, 3.8) is 0 Å². The lowest BCUT2D eigenvalue weighted by molar-refractivity contribution is 0.629. The minimum atomic E-state index is 0.491. The van der Waals surface area contributed by atoms with Crippen molar-refractivity contribution >= 4 is 55.2 Å². The molecule has 0 saturated carbocycles. The molecule has 0 unspecified atom stereocenters. The molecule has 0 amide bonds. The van der Waals surface area contributed by atoms with E-state index < -0.39 is 0 Å². The average molecular weight is 451 g/mol. The maximum atomic E-state index is 6.19. The topological polar surface area (TPSA) is 25.8 Å². The van der Waals surface area contributed by atoms with Gasteiger partial charge in [0.05, 0.1) is 15.9 Å². The number of hydrogen-bond acceptors (Lipinski definition) is 3. The molecule has 0 fully saturated rings. The molecule has 0 aliphatic rings. The van der Waals surface area contributed by atoms with E-state index in [4.69, 9.17) is 11.6 Å². The summed E-state index contributed by atoms with van der Waals surface area (Å²) < 4.78 is 1.89. The molecule has 2 rings (SSSR count). The molecule has 0 bridgehead atoms. The summed E-state index contributed by atoms with van der Waals surface area (Å²) in [5.41, 5.74) is 0.981. The molecule has 0 aliphatic carbocycles. The summed E-state index contributed by atoms with van der Waals surface area (Å²) in [6.45, 7) is 4.33. The van der Waals surface area contributed by atoms with Gasteiger partial charge >= 0.3 is 0 Å². The molecule has 1 heterocycles. The third-order valence-corrected chi connectivity index (χ3v) is 5.51. The van der Waals surface area contributed by atoms with Gasteiger partial charge in [0.25, 0.3) is 0 Å². The molecule has 2 nitrogen and oxygen atoms in total. The molecule has 1 aromatic heterocycles. The molecule has 21 heavy (non-hydrogen) atoms. The lowest BCUT2D eigenvalue weighted by Gasteiger charge is -2.10. The van der Waals surface area contributed by atoms with Crippen LogP contribution in [0, 0.1) is 5.92 Å². The Morgan fingerprint density at radius 2 is 2.00 bits per heavy atom. The number of hydrogen-bond donors (Lipinski definition) is 0. The van der Waals surface area contributed by atoms with Crippen molar-refractivity contribution < 1.29 is 0 Å². The van der Waals surface area contributed by atoms with E-state index in [1.807, 2.05) is 12.1 Å². The maximum Gasteiger partial charge on any atom is 0.147 e.